The van der Waals surface area contributed by atoms with Gasteiger partial charge in [-0.15, -0.1) is 0 Å². The molecule has 0 atom stereocenters. The number of alkyl halides is 2. The number of rotatable bonds is 5. The summed E-state index contributed by atoms with van der Waals surface area (Å²) >= 11 is 0. The molecule has 4 aliphatic rings. The van der Waals surface area contributed by atoms with Crippen molar-refractivity contribution in [3.63, 3.8) is 0 Å². The van der Waals surface area contributed by atoms with E-state index in [1.807, 2.05) is 11.0 Å². The third-order valence-electron chi connectivity index (χ3n) is 9.82. The first-order chi connectivity index (χ1) is 19.9. The molecule has 10 heteroatoms. The Balaban J connectivity index is 1.28. The minimum Gasteiger partial charge on any atom is -0.338 e. The first kappa shape index (κ1) is 26.6. The number of carbonyl (C=O) groups is 1. The fourth-order valence-corrected chi connectivity index (χ4v) is 7.32. The second kappa shape index (κ2) is 10.5. The van der Waals surface area contributed by atoms with Gasteiger partial charge in [0.2, 0.25) is 5.91 Å². The summed E-state index contributed by atoms with van der Waals surface area (Å²) in [6.45, 7) is 5.74. The molecule has 3 aromatic rings. The summed E-state index contributed by atoms with van der Waals surface area (Å²) in [5, 5.41) is 9.50. The van der Waals surface area contributed by atoms with Crippen LogP contribution in [0.25, 0.3) is 11.1 Å². The number of hydrogen-bond donors (Lipinski definition) is 0. The molecule has 8 nitrogen and oxygen atoms in total. The number of aryl methyl sites for hydroxylation is 2. The van der Waals surface area contributed by atoms with Crippen LogP contribution in [0.5, 0.6) is 0 Å². The summed E-state index contributed by atoms with van der Waals surface area (Å²) in [7, 11) is 1.80. The average molecular weight is 564 g/mol. The van der Waals surface area contributed by atoms with Gasteiger partial charge in [-0.1, -0.05) is 6.42 Å². The predicted molar refractivity (Wildman–Crippen MR) is 153 cm³/mol. The second-order valence-corrected chi connectivity index (χ2v) is 12.3. The highest BCUT2D eigenvalue weighted by atomic mass is 19.3. The van der Waals surface area contributed by atoms with Crippen LogP contribution in [-0.2, 0) is 31.2 Å². The van der Waals surface area contributed by atoms with Crippen LogP contribution >= 0.6 is 0 Å². The van der Waals surface area contributed by atoms with Crippen molar-refractivity contribution < 1.29 is 13.6 Å². The number of nitrogens with zero attached hydrogens (tertiary/aromatic N) is 7. The summed E-state index contributed by atoms with van der Waals surface area (Å²) in [4.78, 5) is 19.1. The van der Waals surface area contributed by atoms with E-state index in [1.54, 1.807) is 37.1 Å². The number of halogens is 2. The topological polar surface area (TPSA) is 62.4 Å². The number of likely N-dealkylation sites (tertiary alicyclic amines) is 1. The van der Waals surface area contributed by atoms with E-state index in [9.17, 15) is 13.6 Å². The minimum absolute atomic E-state index is 0.0191. The van der Waals surface area contributed by atoms with Gasteiger partial charge in [-0.2, -0.15) is 10.2 Å². The molecular formula is C31H39F2N7O. The Bertz CT molecular complexity index is 1450. The van der Waals surface area contributed by atoms with Gasteiger partial charge in [0.05, 0.1) is 18.8 Å². The van der Waals surface area contributed by atoms with Crippen LogP contribution in [0.2, 0.25) is 0 Å². The highest BCUT2D eigenvalue weighted by molar-refractivity contribution is 5.78. The van der Waals surface area contributed by atoms with Gasteiger partial charge in [0.25, 0.3) is 6.43 Å². The van der Waals surface area contributed by atoms with Gasteiger partial charge in [-0.25, -0.2) is 8.78 Å². The minimum atomic E-state index is -2.61. The molecule has 41 heavy (non-hydrogen) atoms. The van der Waals surface area contributed by atoms with Crippen molar-refractivity contribution in [2.45, 2.75) is 83.3 Å². The van der Waals surface area contributed by atoms with Crippen LogP contribution in [0.1, 0.15) is 80.3 Å². The molecule has 1 amide bonds. The first-order valence-corrected chi connectivity index (χ1v) is 15.2. The lowest BCUT2D eigenvalue weighted by Crippen LogP contribution is -2.45. The lowest BCUT2D eigenvalue weighted by molar-refractivity contribution is -0.129. The molecule has 1 aliphatic carbocycles. The quantitative estimate of drug-likeness (QED) is 0.416. The highest BCUT2D eigenvalue weighted by Crippen LogP contribution is 2.44. The fraction of sp³-hybridized carbons (Fsp3) is 0.581. The molecule has 0 unspecified atom stereocenters. The standard InChI is InChI=1S/C31H39F2N7O/c1-20(41)38-14-10-28-27(19-38)31(35-40(28)24-8-12-37(13-9-24)23-6-3-7-23)39-11-4-5-21-15-25(22-17-34-36(2)18-22)26(30(32)33)16-29(21)39/h15-18,23-24,30H,3-14,19H2,1-2H3. The summed E-state index contributed by atoms with van der Waals surface area (Å²) in [6.07, 6.45) is 9.47. The summed E-state index contributed by atoms with van der Waals surface area (Å²) in [6, 6.07) is 4.69. The summed E-state index contributed by atoms with van der Waals surface area (Å²) in [5.74, 6) is 0.894. The van der Waals surface area contributed by atoms with Crippen molar-refractivity contribution in [1.29, 1.82) is 0 Å². The Morgan fingerprint density at radius 3 is 2.46 bits per heavy atom. The number of fused-ring (bicyclic) bond motifs is 2. The smallest absolute Gasteiger partial charge is 0.264 e. The number of carbonyl (C=O) groups excluding carboxylic acids is 1. The van der Waals surface area contributed by atoms with Gasteiger partial charge in [0.15, 0.2) is 5.82 Å². The van der Waals surface area contributed by atoms with Crippen LogP contribution in [0.15, 0.2) is 24.5 Å². The number of hydrogen-bond acceptors (Lipinski definition) is 5. The zero-order valence-corrected chi connectivity index (χ0v) is 24.0. The summed E-state index contributed by atoms with van der Waals surface area (Å²) < 4.78 is 32.9. The summed E-state index contributed by atoms with van der Waals surface area (Å²) in [5.41, 5.74) is 5.42. The maximum Gasteiger partial charge on any atom is 0.264 e. The van der Waals surface area contributed by atoms with Gasteiger partial charge < -0.3 is 14.7 Å². The predicted octanol–water partition coefficient (Wildman–Crippen LogP) is 5.40. The van der Waals surface area contributed by atoms with Crippen molar-refractivity contribution in [2.75, 3.05) is 31.1 Å². The normalized spacial score (nSPS) is 20.3. The number of benzene rings is 1. The highest BCUT2D eigenvalue weighted by Gasteiger charge is 2.36. The van der Waals surface area contributed by atoms with Gasteiger partial charge in [-0.05, 0) is 61.8 Å². The van der Waals surface area contributed by atoms with E-state index >= 15 is 0 Å². The van der Waals surface area contributed by atoms with Crippen LogP contribution in [0.4, 0.5) is 20.3 Å². The molecule has 2 fully saturated rings. The molecule has 0 N–H and O–H groups in total. The largest absolute Gasteiger partial charge is 0.338 e. The van der Waals surface area contributed by atoms with Gasteiger partial charge >= 0.3 is 0 Å². The molecule has 1 aromatic carbocycles. The van der Waals surface area contributed by atoms with E-state index in [0.29, 0.717) is 36.8 Å². The Morgan fingerprint density at radius 1 is 1.00 bits per heavy atom. The van der Waals surface area contributed by atoms with Crippen LogP contribution in [-0.4, -0.2) is 67.5 Å². The number of piperidine rings is 1. The van der Waals surface area contributed by atoms with E-state index in [1.165, 1.54) is 25.0 Å². The molecule has 0 spiro atoms. The molecule has 1 saturated heterocycles. The van der Waals surface area contributed by atoms with E-state index in [0.717, 1.165) is 73.9 Å². The van der Waals surface area contributed by atoms with Gasteiger partial charge in [0.1, 0.15) is 0 Å². The maximum absolute atomic E-state index is 14.5. The zero-order chi connectivity index (χ0) is 28.2. The van der Waals surface area contributed by atoms with Crippen molar-refractivity contribution >= 4 is 17.4 Å². The van der Waals surface area contributed by atoms with Gasteiger partial charge in [0, 0.05) is 86.9 Å². The molecular weight excluding hydrogens is 524 g/mol. The first-order valence-electron chi connectivity index (χ1n) is 15.2. The van der Waals surface area contributed by atoms with E-state index in [-0.39, 0.29) is 11.5 Å². The van der Waals surface area contributed by atoms with Crippen molar-refractivity contribution in [1.82, 2.24) is 29.4 Å². The van der Waals surface area contributed by atoms with Gasteiger partial charge in [-0.3, -0.25) is 14.2 Å². The van der Waals surface area contributed by atoms with E-state index in [2.05, 4.69) is 19.6 Å². The van der Waals surface area contributed by atoms with E-state index < -0.39 is 6.43 Å². The lowest BCUT2D eigenvalue weighted by atomic mass is 9.89. The maximum atomic E-state index is 14.5. The zero-order valence-electron chi connectivity index (χ0n) is 24.0. The number of anilines is 2. The molecule has 1 saturated carbocycles. The fourth-order valence-electron chi connectivity index (χ4n) is 7.32. The Kier molecular flexibility index (Phi) is 6.84. The van der Waals surface area contributed by atoms with Crippen LogP contribution < -0.4 is 4.90 Å². The third kappa shape index (κ3) is 4.73. The Hall–Kier alpha value is -3.27. The lowest BCUT2D eigenvalue weighted by Gasteiger charge is -2.42. The monoisotopic (exact) mass is 563 g/mol. The van der Waals surface area contributed by atoms with Crippen LogP contribution in [0.3, 0.4) is 0 Å². The molecule has 0 radical (unpaired) electrons. The average Bonchev–Trinajstić information content (AvgIpc) is 3.55. The third-order valence-corrected chi connectivity index (χ3v) is 9.82. The second-order valence-electron chi connectivity index (χ2n) is 12.3. The molecule has 218 valence electrons. The van der Waals surface area contributed by atoms with E-state index in [4.69, 9.17) is 5.10 Å². The van der Waals surface area contributed by atoms with Crippen molar-refractivity contribution in [3.8, 4) is 11.1 Å². The number of amides is 1. The molecule has 7 rings (SSSR count). The molecule has 0 bridgehead atoms. The molecule has 3 aliphatic heterocycles. The molecule has 2 aromatic heterocycles. The number of aromatic nitrogens is 4. The molecule has 5 heterocycles. The SMILES string of the molecule is CC(=O)N1CCc2c(c(N3CCCc4cc(-c5cnn(C)c5)c(C(F)F)cc43)nn2C2CCN(C3CCC3)CC2)C1. The van der Waals surface area contributed by atoms with Crippen LogP contribution in [0, 0.1) is 0 Å². The van der Waals surface area contributed by atoms with Crippen molar-refractivity contribution in [3.05, 3.63) is 46.9 Å². The Morgan fingerprint density at radius 2 is 1.80 bits per heavy atom. The Labute approximate surface area is 239 Å². The van der Waals surface area contributed by atoms with Crippen molar-refractivity contribution in [2.24, 2.45) is 7.05 Å².